The van der Waals surface area contributed by atoms with Crippen LogP contribution in [0.25, 0.3) is 10.9 Å². The third-order valence-corrected chi connectivity index (χ3v) is 5.57. The maximum absolute atomic E-state index is 12.2. The van der Waals surface area contributed by atoms with E-state index in [-0.39, 0.29) is 5.91 Å². The highest BCUT2D eigenvalue weighted by Crippen LogP contribution is 2.18. The molecule has 0 saturated carbocycles. The smallest absolute Gasteiger partial charge is 0.254 e. The van der Waals surface area contributed by atoms with Crippen LogP contribution in [0, 0.1) is 0 Å². The minimum absolute atomic E-state index is 0.0966. The number of piperazine rings is 1. The van der Waals surface area contributed by atoms with Gasteiger partial charge in [0, 0.05) is 60.4 Å². The lowest BCUT2D eigenvalue weighted by Gasteiger charge is -2.34. The SMILES string of the molecule is O=C(CN1CCN(Cc2ccccc2Cl)CC1)N/N=C/c1c[nH]c2ccccc12. The Hall–Kier alpha value is -2.67. The van der Waals surface area contributed by atoms with Crippen molar-refractivity contribution in [2.24, 2.45) is 5.10 Å². The number of aromatic amines is 1. The lowest BCUT2D eigenvalue weighted by atomic mass is 10.2. The Bertz CT molecular complexity index is 1010. The molecule has 0 spiro atoms. The largest absolute Gasteiger partial charge is 0.361 e. The molecule has 2 aromatic carbocycles. The summed E-state index contributed by atoms with van der Waals surface area (Å²) in [7, 11) is 0. The molecule has 4 rings (SSSR count). The van der Waals surface area contributed by atoms with E-state index >= 15 is 0 Å². The van der Waals surface area contributed by atoms with Crippen molar-refractivity contribution >= 4 is 34.6 Å². The lowest BCUT2D eigenvalue weighted by Crippen LogP contribution is -2.48. The quantitative estimate of drug-likeness (QED) is 0.485. The highest BCUT2D eigenvalue weighted by Gasteiger charge is 2.19. The number of fused-ring (bicyclic) bond motifs is 1. The first-order chi connectivity index (χ1) is 14.2. The minimum atomic E-state index is -0.0966. The van der Waals surface area contributed by atoms with Crippen molar-refractivity contribution in [3.05, 3.63) is 70.9 Å². The summed E-state index contributed by atoms with van der Waals surface area (Å²) in [6.07, 6.45) is 3.57. The fraction of sp³-hybridized carbons (Fsp3) is 0.273. The van der Waals surface area contributed by atoms with Gasteiger partial charge in [0.15, 0.2) is 0 Å². The number of rotatable bonds is 6. The topological polar surface area (TPSA) is 63.7 Å². The molecule has 7 heteroatoms. The van der Waals surface area contributed by atoms with Gasteiger partial charge in [-0.15, -0.1) is 0 Å². The second-order valence-electron chi connectivity index (χ2n) is 7.23. The standard InChI is InChI=1S/C22H24ClN5O/c23-20-7-3-1-5-17(20)15-27-9-11-28(12-10-27)16-22(29)26-25-14-18-13-24-21-8-4-2-6-19(18)21/h1-8,13-14,24H,9-12,15-16H2,(H,26,29)/b25-14+. The van der Waals surface area contributed by atoms with Gasteiger partial charge in [0.1, 0.15) is 0 Å². The number of benzene rings is 2. The van der Waals surface area contributed by atoms with Gasteiger partial charge in [0.2, 0.25) is 0 Å². The van der Waals surface area contributed by atoms with Crippen molar-refractivity contribution in [2.75, 3.05) is 32.7 Å². The summed E-state index contributed by atoms with van der Waals surface area (Å²) in [5.41, 5.74) is 5.78. The van der Waals surface area contributed by atoms with Crippen LogP contribution in [-0.2, 0) is 11.3 Å². The molecule has 0 radical (unpaired) electrons. The average molecular weight is 410 g/mol. The summed E-state index contributed by atoms with van der Waals surface area (Å²) in [5.74, 6) is -0.0966. The molecule has 3 aromatic rings. The summed E-state index contributed by atoms with van der Waals surface area (Å²) in [4.78, 5) is 19.9. The van der Waals surface area contributed by atoms with E-state index in [0.29, 0.717) is 6.54 Å². The molecule has 0 unspecified atom stereocenters. The zero-order chi connectivity index (χ0) is 20.1. The van der Waals surface area contributed by atoms with Gasteiger partial charge in [-0.1, -0.05) is 48.0 Å². The van der Waals surface area contributed by atoms with Crippen LogP contribution in [0.2, 0.25) is 5.02 Å². The molecule has 1 saturated heterocycles. The average Bonchev–Trinajstić information content (AvgIpc) is 3.14. The number of H-pyrrole nitrogens is 1. The molecule has 2 heterocycles. The molecule has 150 valence electrons. The summed E-state index contributed by atoms with van der Waals surface area (Å²) < 4.78 is 0. The summed E-state index contributed by atoms with van der Waals surface area (Å²) >= 11 is 6.25. The van der Waals surface area contributed by atoms with Crippen LogP contribution in [0.4, 0.5) is 0 Å². The zero-order valence-corrected chi connectivity index (χ0v) is 16.9. The van der Waals surface area contributed by atoms with E-state index in [9.17, 15) is 4.79 Å². The van der Waals surface area contributed by atoms with E-state index in [1.807, 2.05) is 48.7 Å². The highest BCUT2D eigenvalue weighted by atomic mass is 35.5. The summed E-state index contributed by atoms with van der Waals surface area (Å²) in [6, 6.07) is 15.9. The van der Waals surface area contributed by atoms with E-state index in [1.54, 1.807) is 6.21 Å². The molecule has 2 N–H and O–H groups in total. The maximum atomic E-state index is 12.2. The number of para-hydroxylation sites is 1. The number of aromatic nitrogens is 1. The molecular weight excluding hydrogens is 386 g/mol. The molecule has 1 aromatic heterocycles. The van der Waals surface area contributed by atoms with Gasteiger partial charge in [-0.05, 0) is 17.7 Å². The molecule has 1 aliphatic rings. The number of hydrogen-bond acceptors (Lipinski definition) is 4. The van der Waals surface area contributed by atoms with Crippen molar-refractivity contribution < 1.29 is 4.79 Å². The van der Waals surface area contributed by atoms with Gasteiger partial charge in [0.25, 0.3) is 5.91 Å². The van der Waals surface area contributed by atoms with Crippen molar-refractivity contribution in [2.45, 2.75) is 6.54 Å². The Labute approximate surface area is 175 Å². The second kappa shape index (κ2) is 9.22. The van der Waals surface area contributed by atoms with E-state index in [0.717, 1.165) is 59.8 Å². The highest BCUT2D eigenvalue weighted by molar-refractivity contribution is 6.31. The van der Waals surface area contributed by atoms with Gasteiger partial charge in [-0.2, -0.15) is 5.10 Å². The third-order valence-electron chi connectivity index (χ3n) is 5.20. The normalized spacial score (nSPS) is 15.9. The summed E-state index contributed by atoms with van der Waals surface area (Å²) in [6.45, 7) is 4.72. The van der Waals surface area contributed by atoms with Crippen LogP contribution < -0.4 is 5.43 Å². The van der Waals surface area contributed by atoms with Crippen LogP contribution >= 0.6 is 11.6 Å². The van der Waals surface area contributed by atoms with Crippen LogP contribution in [-0.4, -0.2) is 59.6 Å². The first-order valence-corrected chi connectivity index (χ1v) is 10.1. The first-order valence-electron chi connectivity index (χ1n) is 9.75. The number of hydrogen-bond donors (Lipinski definition) is 2. The fourth-order valence-corrected chi connectivity index (χ4v) is 3.78. The van der Waals surface area contributed by atoms with Gasteiger partial charge in [-0.25, -0.2) is 5.43 Å². The predicted octanol–water partition coefficient (Wildman–Crippen LogP) is 3.09. The molecule has 1 amide bonds. The van der Waals surface area contributed by atoms with Crippen molar-refractivity contribution in [3.8, 4) is 0 Å². The number of nitrogens with zero attached hydrogens (tertiary/aromatic N) is 3. The molecule has 29 heavy (non-hydrogen) atoms. The van der Waals surface area contributed by atoms with Crippen molar-refractivity contribution in [3.63, 3.8) is 0 Å². The number of nitrogens with one attached hydrogen (secondary N) is 2. The van der Waals surface area contributed by atoms with Gasteiger partial charge in [-0.3, -0.25) is 14.6 Å². The van der Waals surface area contributed by atoms with Gasteiger partial charge < -0.3 is 4.98 Å². The molecule has 0 atom stereocenters. The van der Waals surface area contributed by atoms with E-state index in [2.05, 4.69) is 31.4 Å². The lowest BCUT2D eigenvalue weighted by molar-refractivity contribution is -0.122. The Morgan fingerprint density at radius 2 is 1.79 bits per heavy atom. The first kappa shape index (κ1) is 19.6. The van der Waals surface area contributed by atoms with Crippen LogP contribution in [0.3, 0.4) is 0 Å². The van der Waals surface area contributed by atoms with Gasteiger partial charge >= 0.3 is 0 Å². The van der Waals surface area contributed by atoms with Crippen LogP contribution in [0.1, 0.15) is 11.1 Å². The Kier molecular flexibility index (Phi) is 6.24. The predicted molar refractivity (Wildman–Crippen MR) is 117 cm³/mol. The Morgan fingerprint density at radius 1 is 1.07 bits per heavy atom. The molecule has 6 nitrogen and oxygen atoms in total. The Balaban J connectivity index is 1.22. The van der Waals surface area contributed by atoms with Gasteiger partial charge in [0.05, 0.1) is 12.8 Å². The van der Waals surface area contributed by atoms with Crippen LogP contribution in [0.5, 0.6) is 0 Å². The number of halogens is 1. The molecule has 1 fully saturated rings. The van der Waals surface area contributed by atoms with E-state index in [4.69, 9.17) is 11.6 Å². The van der Waals surface area contributed by atoms with Crippen LogP contribution in [0.15, 0.2) is 59.8 Å². The second-order valence-corrected chi connectivity index (χ2v) is 7.63. The molecular formula is C22H24ClN5O. The maximum Gasteiger partial charge on any atom is 0.254 e. The Morgan fingerprint density at radius 3 is 2.62 bits per heavy atom. The van der Waals surface area contributed by atoms with Crippen molar-refractivity contribution in [1.82, 2.24) is 20.2 Å². The molecule has 0 aliphatic carbocycles. The van der Waals surface area contributed by atoms with E-state index in [1.165, 1.54) is 0 Å². The molecule has 0 bridgehead atoms. The van der Waals surface area contributed by atoms with E-state index < -0.39 is 0 Å². The molecule has 1 aliphatic heterocycles. The fourth-order valence-electron chi connectivity index (χ4n) is 3.59. The third kappa shape index (κ3) is 5.03. The number of hydrazone groups is 1. The number of carbonyl (C=O) groups is 1. The van der Waals surface area contributed by atoms with Crippen molar-refractivity contribution in [1.29, 1.82) is 0 Å². The zero-order valence-electron chi connectivity index (χ0n) is 16.1. The summed E-state index contributed by atoms with van der Waals surface area (Å²) in [5, 5.41) is 6.00. The number of carbonyl (C=O) groups excluding carboxylic acids is 1. The monoisotopic (exact) mass is 409 g/mol. The minimum Gasteiger partial charge on any atom is -0.361 e. The number of amides is 1.